The van der Waals surface area contributed by atoms with Crippen LogP contribution in [-0.4, -0.2) is 42.8 Å². The Labute approximate surface area is 121 Å². The van der Waals surface area contributed by atoms with Crippen molar-refractivity contribution in [2.24, 2.45) is 0 Å². The third-order valence-corrected chi connectivity index (χ3v) is 3.69. The van der Waals surface area contributed by atoms with Gasteiger partial charge in [-0.2, -0.15) is 0 Å². The highest BCUT2D eigenvalue weighted by atomic mass is 16.5. The van der Waals surface area contributed by atoms with E-state index in [1.807, 2.05) is 0 Å². The molecule has 112 valence electrons. The van der Waals surface area contributed by atoms with Gasteiger partial charge < -0.3 is 15.0 Å². The molecule has 1 saturated heterocycles. The number of anilines is 2. The zero-order valence-electron chi connectivity index (χ0n) is 13.1. The molecule has 1 aliphatic heterocycles. The first-order chi connectivity index (χ1) is 9.65. The van der Waals surface area contributed by atoms with Crippen LogP contribution in [0.25, 0.3) is 0 Å². The van der Waals surface area contributed by atoms with Crippen molar-refractivity contribution in [1.82, 2.24) is 9.97 Å². The van der Waals surface area contributed by atoms with Crippen LogP contribution in [0.3, 0.4) is 0 Å². The van der Waals surface area contributed by atoms with Gasteiger partial charge in [0.2, 0.25) is 0 Å². The maximum atomic E-state index is 5.72. The van der Waals surface area contributed by atoms with Gasteiger partial charge in [-0.3, -0.25) is 0 Å². The Morgan fingerprint density at radius 3 is 2.75 bits per heavy atom. The van der Waals surface area contributed by atoms with E-state index >= 15 is 0 Å². The zero-order valence-corrected chi connectivity index (χ0v) is 13.1. The fourth-order valence-corrected chi connectivity index (χ4v) is 2.60. The van der Waals surface area contributed by atoms with Crippen molar-refractivity contribution in [3.63, 3.8) is 0 Å². The van der Waals surface area contributed by atoms with Gasteiger partial charge in [-0.05, 0) is 26.7 Å². The second-order valence-corrected chi connectivity index (χ2v) is 5.34. The van der Waals surface area contributed by atoms with Gasteiger partial charge in [-0.15, -0.1) is 0 Å². The molecule has 2 heterocycles. The Hall–Kier alpha value is -1.36. The summed E-state index contributed by atoms with van der Waals surface area (Å²) >= 11 is 0. The van der Waals surface area contributed by atoms with Gasteiger partial charge in [0.25, 0.3) is 0 Å². The lowest BCUT2D eigenvalue weighted by atomic mass is 10.2. The van der Waals surface area contributed by atoms with E-state index in [2.05, 4.69) is 43.0 Å². The van der Waals surface area contributed by atoms with Crippen LogP contribution in [0.4, 0.5) is 11.6 Å². The monoisotopic (exact) mass is 278 g/mol. The molecule has 1 aliphatic rings. The number of aryl methyl sites for hydroxylation is 1. The number of likely N-dealkylation sites (N-methyl/N-ethyl adjacent to an activating group) is 1. The third-order valence-electron chi connectivity index (χ3n) is 3.69. The Morgan fingerprint density at radius 1 is 1.35 bits per heavy atom. The maximum absolute atomic E-state index is 5.72. The van der Waals surface area contributed by atoms with Crippen molar-refractivity contribution >= 4 is 11.6 Å². The van der Waals surface area contributed by atoms with Crippen LogP contribution in [0.1, 0.15) is 38.1 Å². The minimum absolute atomic E-state index is 0.335. The zero-order chi connectivity index (χ0) is 14.5. The summed E-state index contributed by atoms with van der Waals surface area (Å²) in [5, 5.41) is 3.33. The van der Waals surface area contributed by atoms with E-state index in [0.717, 1.165) is 55.6 Å². The van der Waals surface area contributed by atoms with Gasteiger partial charge in [-0.1, -0.05) is 6.92 Å². The highest BCUT2D eigenvalue weighted by molar-refractivity contribution is 5.58. The van der Waals surface area contributed by atoms with Crippen LogP contribution in [-0.2, 0) is 11.2 Å². The number of ether oxygens (including phenoxy) is 1. The van der Waals surface area contributed by atoms with E-state index in [9.17, 15) is 0 Å². The Bertz CT molecular complexity index is 444. The molecule has 0 aromatic carbocycles. The first-order valence-electron chi connectivity index (χ1n) is 7.59. The average Bonchev–Trinajstić information content (AvgIpc) is 2.94. The van der Waals surface area contributed by atoms with Crippen molar-refractivity contribution in [3.8, 4) is 0 Å². The molecular weight excluding hydrogens is 252 g/mol. The van der Waals surface area contributed by atoms with E-state index in [4.69, 9.17) is 9.72 Å². The molecule has 0 amide bonds. The second kappa shape index (κ2) is 6.88. The topological polar surface area (TPSA) is 50.3 Å². The minimum atomic E-state index is 0.335. The fourth-order valence-electron chi connectivity index (χ4n) is 2.60. The lowest BCUT2D eigenvalue weighted by Crippen LogP contribution is -2.30. The average molecular weight is 278 g/mol. The molecule has 1 N–H and O–H groups in total. The molecule has 0 bridgehead atoms. The molecule has 2 rings (SSSR count). The van der Waals surface area contributed by atoms with Crippen molar-refractivity contribution in [1.29, 1.82) is 0 Å². The summed E-state index contributed by atoms with van der Waals surface area (Å²) in [6, 6.07) is 0. The van der Waals surface area contributed by atoms with Crippen molar-refractivity contribution in [3.05, 3.63) is 11.4 Å². The highest BCUT2D eigenvalue weighted by Gasteiger charge is 2.20. The predicted molar refractivity (Wildman–Crippen MR) is 82.6 cm³/mol. The Morgan fingerprint density at radius 2 is 2.15 bits per heavy atom. The van der Waals surface area contributed by atoms with Crippen LogP contribution >= 0.6 is 0 Å². The minimum Gasteiger partial charge on any atom is -0.376 e. The first kappa shape index (κ1) is 15.0. The molecule has 1 unspecified atom stereocenters. The van der Waals surface area contributed by atoms with Crippen molar-refractivity contribution in [2.75, 3.05) is 37.0 Å². The molecule has 1 aromatic rings. The summed E-state index contributed by atoms with van der Waals surface area (Å²) < 4.78 is 5.72. The normalized spacial score (nSPS) is 18.3. The quantitative estimate of drug-likeness (QED) is 0.866. The number of hydrogen-bond acceptors (Lipinski definition) is 5. The van der Waals surface area contributed by atoms with Gasteiger partial charge in [0.1, 0.15) is 17.5 Å². The van der Waals surface area contributed by atoms with E-state index in [1.54, 1.807) is 0 Å². The SMILES string of the molecule is CCNc1nc(CC)nc(N(C)CC2CCCO2)c1C. The summed E-state index contributed by atoms with van der Waals surface area (Å²) in [6.45, 7) is 8.92. The van der Waals surface area contributed by atoms with Crippen LogP contribution in [0.2, 0.25) is 0 Å². The lowest BCUT2D eigenvalue weighted by Gasteiger charge is -2.24. The smallest absolute Gasteiger partial charge is 0.137 e. The summed E-state index contributed by atoms with van der Waals surface area (Å²) in [6.07, 6.45) is 3.50. The molecule has 0 radical (unpaired) electrons. The molecule has 1 atom stereocenters. The molecule has 0 spiro atoms. The van der Waals surface area contributed by atoms with Gasteiger partial charge in [-0.25, -0.2) is 9.97 Å². The molecule has 5 heteroatoms. The number of nitrogens with zero attached hydrogens (tertiary/aromatic N) is 3. The number of rotatable bonds is 6. The standard InChI is InChI=1S/C15H26N4O/c1-5-13-17-14(16-6-2)11(3)15(18-13)19(4)10-12-8-7-9-20-12/h12H,5-10H2,1-4H3,(H,16,17,18). The van der Waals surface area contributed by atoms with Crippen LogP contribution in [0.5, 0.6) is 0 Å². The summed E-state index contributed by atoms with van der Waals surface area (Å²) in [5.41, 5.74) is 1.12. The number of aromatic nitrogens is 2. The van der Waals surface area contributed by atoms with Gasteiger partial charge in [0.15, 0.2) is 0 Å². The second-order valence-electron chi connectivity index (χ2n) is 5.34. The molecule has 1 aromatic heterocycles. The molecule has 0 saturated carbocycles. The van der Waals surface area contributed by atoms with Crippen molar-refractivity contribution < 1.29 is 4.74 Å². The fraction of sp³-hybridized carbons (Fsp3) is 0.733. The third kappa shape index (κ3) is 3.39. The van der Waals surface area contributed by atoms with Crippen LogP contribution in [0, 0.1) is 6.92 Å². The summed E-state index contributed by atoms with van der Waals surface area (Å²) in [5.74, 6) is 2.86. The summed E-state index contributed by atoms with van der Waals surface area (Å²) in [7, 11) is 2.09. The Balaban J connectivity index is 2.21. The largest absolute Gasteiger partial charge is 0.376 e. The van der Waals surface area contributed by atoms with Gasteiger partial charge >= 0.3 is 0 Å². The first-order valence-corrected chi connectivity index (χ1v) is 7.59. The molecule has 5 nitrogen and oxygen atoms in total. The Kier molecular flexibility index (Phi) is 5.17. The van der Waals surface area contributed by atoms with Crippen molar-refractivity contribution in [2.45, 2.75) is 46.1 Å². The molecule has 0 aliphatic carbocycles. The number of nitrogens with one attached hydrogen (secondary N) is 1. The predicted octanol–water partition coefficient (Wildman–Crippen LogP) is 2.39. The highest BCUT2D eigenvalue weighted by Crippen LogP contribution is 2.24. The molecule has 20 heavy (non-hydrogen) atoms. The van der Waals surface area contributed by atoms with Gasteiger partial charge in [0, 0.05) is 38.7 Å². The van der Waals surface area contributed by atoms with Crippen LogP contribution in [0.15, 0.2) is 0 Å². The van der Waals surface area contributed by atoms with E-state index < -0.39 is 0 Å². The van der Waals surface area contributed by atoms with E-state index in [0.29, 0.717) is 6.10 Å². The van der Waals surface area contributed by atoms with E-state index in [1.165, 1.54) is 6.42 Å². The summed E-state index contributed by atoms with van der Waals surface area (Å²) in [4.78, 5) is 11.5. The lowest BCUT2D eigenvalue weighted by molar-refractivity contribution is 0.116. The number of hydrogen-bond donors (Lipinski definition) is 1. The molecular formula is C15H26N4O. The van der Waals surface area contributed by atoms with Gasteiger partial charge in [0.05, 0.1) is 6.10 Å². The van der Waals surface area contributed by atoms with E-state index in [-0.39, 0.29) is 0 Å². The molecule has 1 fully saturated rings. The van der Waals surface area contributed by atoms with Crippen LogP contribution < -0.4 is 10.2 Å². The maximum Gasteiger partial charge on any atom is 0.137 e.